The van der Waals surface area contributed by atoms with Crippen LogP contribution in [0, 0.1) is 5.92 Å². The minimum absolute atomic E-state index is 0.0628. The molecular weight excluding hydrogens is 292 g/mol. The van der Waals surface area contributed by atoms with Crippen molar-refractivity contribution in [1.82, 2.24) is 10.9 Å². The predicted octanol–water partition coefficient (Wildman–Crippen LogP) is 2.44. The van der Waals surface area contributed by atoms with E-state index in [0.717, 1.165) is 24.2 Å². The van der Waals surface area contributed by atoms with Gasteiger partial charge >= 0.3 is 0 Å². The van der Waals surface area contributed by atoms with Gasteiger partial charge in [0, 0.05) is 11.5 Å². The Balaban J connectivity index is 1.49. The third-order valence-electron chi connectivity index (χ3n) is 3.61. The van der Waals surface area contributed by atoms with Crippen LogP contribution in [-0.2, 0) is 11.4 Å². The molecule has 5 heteroatoms. The highest BCUT2D eigenvalue weighted by molar-refractivity contribution is 5.95. The van der Waals surface area contributed by atoms with Gasteiger partial charge in [0.2, 0.25) is 5.91 Å². The van der Waals surface area contributed by atoms with Crippen molar-refractivity contribution in [2.45, 2.75) is 19.4 Å². The zero-order chi connectivity index (χ0) is 16.1. The average molecular weight is 310 g/mol. The van der Waals surface area contributed by atoms with E-state index in [-0.39, 0.29) is 17.7 Å². The lowest BCUT2D eigenvalue weighted by atomic mass is 10.1. The number of rotatable bonds is 5. The zero-order valence-corrected chi connectivity index (χ0v) is 12.6. The number of hydrogen-bond acceptors (Lipinski definition) is 3. The number of benzene rings is 2. The largest absolute Gasteiger partial charge is 0.489 e. The van der Waals surface area contributed by atoms with Gasteiger partial charge in [0.25, 0.3) is 5.91 Å². The Morgan fingerprint density at radius 1 is 0.957 bits per heavy atom. The lowest BCUT2D eigenvalue weighted by Gasteiger charge is -2.08. The summed E-state index contributed by atoms with van der Waals surface area (Å²) in [4.78, 5) is 23.4. The SMILES string of the molecule is O=C(NNC(=O)C1CC1)c1ccc(COc2ccccc2)cc1. The van der Waals surface area contributed by atoms with Gasteiger partial charge < -0.3 is 4.74 Å². The lowest BCUT2D eigenvalue weighted by Crippen LogP contribution is -2.42. The molecule has 23 heavy (non-hydrogen) atoms. The molecule has 0 aromatic heterocycles. The van der Waals surface area contributed by atoms with E-state index >= 15 is 0 Å². The zero-order valence-electron chi connectivity index (χ0n) is 12.6. The molecule has 0 atom stereocenters. The molecule has 0 heterocycles. The summed E-state index contributed by atoms with van der Waals surface area (Å²) < 4.78 is 5.65. The number of nitrogens with one attached hydrogen (secondary N) is 2. The third-order valence-corrected chi connectivity index (χ3v) is 3.61. The van der Waals surface area contributed by atoms with Crippen LogP contribution in [0.25, 0.3) is 0 Å². The van der Waals surface area contributed by atoms with Crippen molar-refractivity contribution in [2.24, 2.45) is 5.92 Å². The van der Waals surface area contributed by atoms with E-state index in [1.807, 2.05) is 42.5 Å². The summed E-state index contributed by atoms with van der Waals surface area (Å²) in [7, 11) is 0. The number of amides is 2. The molecule has 2 amide bonds. The molecule has 118 valence electrons. The summed E-state index contributed by atoms with van der Waals surface area (Å²) in [5.74, 6) is 0.422. The smallest absolute Gasteiger partial charge is 0.269 e. The summed E-state index contributed by atoms with van der Waals surface area (Å²) >= 11 is 0. The van der Waals surface area contributed by atoms with Crippen molar-refractivity contribution >= 4 is 11.8 Å². The Hall–Kier alpha value is -2.82. The van der Waals surface area contributed by atoms with E-state index in [4.69, 9.17) is 4.74 Å². The van der Waals surface area contributed by atoms with Crippen LogP contribution in [0.15, 0.2) is 54.6 Å². The number of hydrogen-bond donors (Lipinski definition) is 2. The van der Waals surface area contributed by atoms with Crippen molar-refractivity contribution in [2.75, 3.05) is 0 Å². The Morgan fingerprint density at radius 3 is 2.30 bits per heavy atom. The molecule has 3 rings (SSSR count). The van der Waals surface area contributed by atoms with Crippen LogP contribution in [-0.4, -0.2) is 11.8 Å². The van der Waals surface area contributed by atoms with Gasteiger partial charge in [-0.25, -0.2) is 0 Å². The second-order valence-electron chi connectivity index (χ2n) is 5.52. The van der Waals surface area contributed by atoms with Crippen LogP contribution >= 0.6 is 0 Å². The fraction of sp³-hybridized carbons (Fsp3) is 0.222. The first kappa shape index (κ1) is 15.1. The van der Waals surface area contributed by atoms with E-state index < -0.39 is 0 Å². The molecule has 2 aromatic rings. The molecule has 1 fully saturated rings. The second-order valence-corrected chi connectivity index (χ2v) is 5.52. The van der Waals surface area contributed by atoms with Crippen molar-refractivity contribution in [3.8, 4) is 5.75 Å². The molecule has 0 aliphatic heterocycles. The first-order chi connectivity index (χ1) is 11.2. The maximum absolute atomic E-state index is 11.9. The molecule has 1 aliphatic carbocycles. The fourth-order valence-corrected chi connectivity index (χ4v) is 2.07. The Kier molecular flexibility index (Phi) is 4.57. The number of carbonyl (C=O) groups excluding carboxylic acids is 2. The minimum atomic E-state index is -0.325. The van der Waals surface area contributed by atoms with E-state index in [9.17, 15) is 9.59 Å². The summed E-state index contributed by atoms with van der Waals surface area (Å²) in [5.41, 5.74) is 6.32. The van der Waals surface area contributed by atoms with Gasteiger partial charge in [0.1, 0.15) is 12.4 Å². The first-order valence-corrected chi connectivity index (χ1v) is 7.59. The number of carbonyl (C=O) groups is 2. The fourth-order valence-electron chi connectivity index (χ4n) is 2.07. The maximum atomic E-state index is 11.9. The monoisotopic (exact) mass is 310 g/mol. The highest BCUT2D eigenvalue weighted by Crippen LogP contribution is 2.28. The number of ether oxygens (including phenoxy) is 1. The molecule has 0 saturated heterocycles. The third kappa shape index (κ3) is 4.32. The highest BCUT2D eigenvalue weighted by Gasteiger charge is 2.29. The van der Waals surface area contributed by atoms with Gasteiger partial charge in [0.05, 0.1) is 0 Å². The van der Waals surface area contributed by atoms with Gasteiger partial charge in [-0.05, 0) is 42.7 Å². The van der Waals surface area contributed by atoms with Gasteiger partial charge in [-0.2, -0.15) is 0 Å². The maximum Gasteiger partial charge on any atom is 0.269 e. The lowest BCUT2D eigenvalue weighted by molar-refractivity contribution is -0.123. The number of para-hydroxylation sites is 1. The van der Waals surface area contributed by atoms with Crippen LogP contribution in [0.2, 0.25) is 0 Å². The topological polar surface area (TPSA) is 67.4 Å². The quantitative estimate of drug-likeness (QED) is 0.834. The molecule has 2 N–H and O–H groups in total. The number of hydrazine groups is 1. The summed E-state index contributed by atoms with van der Waals surface area (Å²) in [6.45, 7) is 0.435. The predicted molar refractivity (Wildman–Crippen MR) is 85.5 cm³/mol. The Morgan fingerprint density at radius 2 is 1.65 bits per heavy atom. The standard InChI is InChI=1S/C18H18N2O3/c21-17(19-20-18(22)15-10-11-15)14-8-6-13(7-9-14)12-23-16-4-2-1-3-5-16/h1-9,15H,10-12H2,(H,19,21)(H,20,22). The molecule has 0 unspecified atom stereocenters. The van der Waals surface area contributed by atoms with E-state index in [1.165, 1.54) is 0 Å². The minimum Gasteiger partial charge on any atom is -0.489 e. The van der Waals surface area contributed by atoms with Crippen LogP contribution in [0.1, 0.15) is 28.8 Å². The van der Waals surface area contributed by atoms with E-state index in [0.29, 0.717) is 12.2 Å². The van der Waals surface area contributed by atoms with Crippen molar-refractivity contribution in [3.63, 3.8) is 0 Å². The van der Waals surface area contributed by atoms with Crippen LogP contribution in [0.5, 0.6) is 5.75 Å². The van der Waals surface area contributed by atoms with Crippen LogP contribution in [0.3, 0.4) is 0 Å². The normalized spacial score (nSPS) is 13.2. The van der Waals surface area contributed by atoms with E-state index in [2.05, 4.69) is 10.9 Å². The van der Waals surface area contributed by atoms with Gasteiger partial charge in [-0.15, -0.1) is 0 Å². The van der Waals surface area contributed by atoms with Crippen LogP contribution < -0.4 is 15.6 Å². The van der Waals surface area contributed by atoms with Crippen LogP contribution in [0.4, 0.5) is 0 Å². The second kappa shape index (κ2) is 6.96. The molecule has 0 radical (unpaired) electrons. The van der Waals surface area contributed by atoms with Gasteiger partial charge in [0.15, 0.2) is 0 Å². The molecule has 1 saturated carbocycles. The summed E-state index contributed by atoms with van der Waals surface area (Å²) in [6, 6.07) is 16.6. The van der Waals surface area contributed by atoms with Gasteiger partial charge in [-0.3, -0.25) is 20.4 Å². The Bertz CT molecular complexity index is 679. The van der Waals surface area contributed by atoms with Crippen molar-refractivity contribution in [1.29, 1.82) is 0 Å². The van der Waals surface area contributed by atoms with Crippen molar-refractivity contribution < 1.29 is 14.3 Å². The van der Waals surface area contributed by atoms with Gasteiger partial charge in [-0.1, -0.05) is 30.3 Å². The molecule has 0 bridgehead atoms. The molecular formula is C18H18N2O3. The average Bonchev–Trinajstić information content (AvgIpc) is 3.44. The Labute approximate surface area is 134 Å². The molecule has 2 aromatic carbocycles. The molecule has 0 spiro atoms. The van der Waals surface area contributed by atoms with Crippen molar-refractivity contribution in [3.05, 3.63) is 65.7 Å². The summed E-state index contributed by atoms with van der Waals surface area (Å²) in [5, 5.41) is 0. The summed E-state index contributed by atoms with van der Waals surface area (Å²) in [6.07, 6.45) is 1.80. The molecule has 1 aliphatic rings. The highest BCUT2D eigenvalue weighted by atomic mass is 16.5. The molecule has 5 nitrogen and oxygen atoms in total. The first-order valence-electron chi connectivity index (χ1n) is 7.59. The van der Waals surface area contributed by atoms with E-state index in [1.54, 1.807) is 12.1 Å².